The Kier molecular flexibility index (Phi) is 1.30. The third-order valence-electron chi connectivity index (χ3n) is 1.07. The number of rotatable bonds is 1. The largest absolute Gasteiger partial charge is 0.418 e. The van der Waals surface area contributed by atoms with Gasteiger partial charge in [-0.25, -0.2) is 4.79 Å². The second kappa shape index (κ2) is 1.97. The quantitative estimate of drug-likeness (QED) is 0.564. The number of aromatic nitrogens is 1. The molecular weight excluding hydrogens is 120 g/mol. The molecule has 1 aromatic rings. The molecule has 0 aliphatic heterocycles. The van der Waals surface area contributed by atoms with E-state index in [0.717, 1.165) is 0 Å². The summed E-state index contributed by atoms with van der Waals surface area (Å²) in [4.78, 5) is 12.7. The molecular formula is C5H8N2O2. The Hall–Kier alpha value is -1.19. The van der Waals surface area contributed by atoms with Crippen LogP contribution in [0.25, 0.3) is 0 Å². The second-order valence-electron chi connectivity index (χ2n) is 1.70. The SMILES string of the molecule is CCc1oc(=O)[nH]c1N. The average Bonchev–Trinajstić information content (AvgIpc) is 2.10. The lowest BCUT2D eigenvalue weighted by Crippen LogP contribution is -1.96. The van der Waals surface area contributed by atoms with Crippen LogP contribution < -0.4 is 11.5 Å². The van der Waals surface area contributed by atoms with Gasteiger partial charge in [-0.15, -0.1) is 0 Å². The molecule has 4 heteroatoms. The summed E-state index contributed by atoms with van der Waals surface area (Å²) in [5.74, 6) is 0.381. The van der Waals surface area contributed by atoms with Gasteiger partial charge in [-0.05, 0) is 0 Å². The summed E-state index contributed by atoms with van der Waals surface area (Å²) in [5, 5.41) is 0. The van der Waals surface area contributed by atoms with Gasteiger partial charge in [0, 0.05) is 6.42 Å². The van der Waals surface area contributed by atoms with Crippen molar-refractivity contribution in [3.8, 4) is 0 Å². The predicted molar refractivity (Wildman–Crippen MR) is 33.1 cm³/mol. The number of nitrogens with one attached hydrogen (secondary N) is 1. The standard InChI is InChI=1S/C5H8N2O2/c1-2-3-4(6)7-5(8)9-3/h2,6H2,1H3,(H,7,8). The first-order valence-corrected chi connectivity index (χ1v) is 2.71. The molecule has 0 saturated carbocycles. The van der Waals surface area contributed by atoms with Crippen molar-refractivity contribution >= 4 is 5.82 Å². The molecule has 1 aromatic heterocycles. The Morgan fingerprint density at radius 3 is 2.67 bits per heavy atom. The number of aromatic amines is 1. The van der Waals surface area contributed by atoms with E-state index in [1.807, 2.05) is 6.92 Å². The maximum Gasteiger partial charge on any atom is 0.418 e. The zero-order chi connectivity index (χ0) is 6.85. The van der Waals surface area contributed by atoms with Gasteiger partial charge in [0.1, 0.15) is 11.6 Å². The minimum atomic E-state index is -0.482. The van der Waals surface area contributed by atoms with Crippen LogP contribution in [0.2, 0.25) is 0 Å². The number of hydrogen-bond donors (Lipinski definition) is 2. The molecule has 1 rings (SSSR count). The zero-order valence-electron chi connectivity index (χ0n) is 5.10. The number of hydrogen-bond acceptors (Lipinski definition) is 3. The van der Waals surface area contributed by atoms with Crippen LogP contribution in [-0.4, -0.2) is 4.98 Å². The van der Waals surface area contributed by atoms with E-state index in [2.05, 4.69) is 9.40 Å². The number of anilines is 1. The molecule has 0 spiro atoms. The van der Waals surface area contributed by atoms with E-state index >= 15 is 0 Å². The smallest absolute Gasteiger partial charge is 0.411 e. The normalized spacial score (nSPS) is 9.89. The third-order valence-corrected chi connectivity index (χ3v) is 1.07. The molecule has 0 aliphatic rings. The average molecular weight is 128 g/mol. The fourth-order valence-corrected chi connectivity index (χ4v) is 0.635. The number of H-pyrrole nitrogens is 1. The van der Waals surface area contributed by atoms with E-state index in [1.165, 1.54) is 0 Å². The molecule has 4 nitrogen and oxygen atoms in total. The molecule has 0 unspecified atom stereocenters. The Morgan fingerprint density at radius 2 is 2.44 bits per heavy atom. The zero-order valence-corrected chi connectivity index (χ0v) is 5.10. The predicted octanol–water partition coefficient (Wildman–Crippen LogP) is 0.112. The fraction of sp³-hybridized carbons (Fsp3) is 0.400. The highest BCUT2D eigenvalue weighted by molar-refractivity contribution is 5.30. The molecule has 9 heavy (non-hydrogen) atoms. The first-order valence-electron chi connectivity index (χ1n) is 2.71. The summed E-state index contributed by atoms with van der Waals surface area (Å²) >= 11 is 0. The highest BCUT2D eigenvalue weighted by Gasteiger charge is 2.01. The molecule has 50 valence electrons. The van der Waals surface area contributed by atoms with Gasteiger partial charge in [-0.2, -0.15) is 0 Å². The van der Waals surface area contributed by atoms with Crippen LogP contribution in [0.5, 0.6) is 0 Å². The Labute approximate surface area is 51.7 Å². The molecule has 0 aromatic carbocycles. The minimum absolute atomic E-state index is 0.336. The first kappa shape index (κ1) is 5.94. The van der Waals surface area contributed by atoms with E-state index in [-0.39, 0.29) is 0 Å². The first-order chi connectivity index (χ1) is 4.24. The van der Waals surface area contributed by atoms with Crippen LogP contribution in [-0.2, 0) is 6.42 Å². The molecule has 3 N–H and O–H groups in total. The van der Waals surface area contributed by atoms with E-state index in [1.54, 1.807) is 0 Å². The highest BCUT2D eigenvalue weighted by atomic mass is 16.4. The van der Waals surface area contributed by atoms with Crippen LogP contribution in [0.3, 0.4) is 0 Å². The molecule has 0 saturated heterocycles. The van der Waals surface area contributed by atoms with Crippen molar-refractivity contribution in [2.75, 3.05) is 5.73 Å². The van der Waals surface area contributed by atoms with Crippen molar-refractivity contribution in [1.29, 1.82) is 0 Å². The topological polar surface area (TPSA) is 72.0 Å². The third kappa shape index (κ3) is 0.960. The maximum absolute atomic E-state index is 10.4. The Morgan fingerprint density at radius 1 is 1.78 bits per heavy atom. The lowest BCUT2D eigenvalue weighted by molar-refractivity contribution is 0.474. The molecule has 0 aliphatic carbocycles. The van der Waals surface area contributed by atoms with Crippen molar-refractivity contribution in [3.05, 3.63) is 16.3 Å². The van der Waals surface area contributed by atoms with E-state index in [0.29, 0.717) is 18.0 Å². The summed E-state index contributed by atoms with van der Waals surface area (Å²) < 4.78 is 4.63. The number of nitrogens with two attached hydrogens (primary N) is 1. The van der Waals surface area contributed by atoms with E-state index in [9.17, 15) is 4.79 Å². The van der Waals surface area contributed by atoms with Crippen molar-refractivity contribution in [3.63, 3.8) is 0 Å². The molecule has 1 heterocycles. The number of oxazole rings is 1. The van der Waals surface area contributed by atoms with Crippen molar-refractivity contribution in [2.24, 2.45) is 0 Å². The highest BCUT2D eigenvalue weighted by Crippen LogP contribution is 2.03. The Bertz CT molecular complexity index is 248. The van der Waals surface area contributed by atoms with Gasteiger partial charge in [-0.1, -0.05) is 6.92 Å². The summed E-state index contributed by atoms with van der Waals surface area (Å²) in [6.45, 7) is 1.86. The lowest BCUT2D eigenvalue weighted by Gasteiger charge is -1.85. The molecule has 0 fully saturated rings. The lowest BCUT2D eigenvalue weighted by atomic mass is 10.4. The summed E-state index contributed by atoms with van der Waals surface area (Å²) in [6, 6.07) is 0. The number of nitrogen functional groups attached to an aromatic ring is 1. The van der Waals surface area contributed by atoms with Crippen LogP contribution >= 0.6 is 0 Å². The van der Waals surface area contributed by atoms with Gasteiger partial charge in [0.05, 0.1) is 0 Å². The van der Waals surface area contributed by atoms with Gasteiger partial charge >= 0.3 is 5.76 Å². The summed E-state index contributed by atoms with van der Waals surface area (Å²) in [7, 11) is 0. The van der Waals surface area contributed by atoms with Gasteiger partial charge in [0.15, 0.2) is 0 Å². The van der Waals surface area contributed by atoms with E-state index < -0.39 is 5.76 Å². The molecule has 0 bridgehead atoms. The molecule has 0 radical (unpaired) electrons. The molecule has 0 amide bonds. The van der Waals surface area contributed by atoms with Crippen molar-refractivity contribution in [2.45, 2.75) is 13.3 Å². The van der Waals surface area contributed by atoms with Crippen LogP contribution in [0.4, 0.5) is 5.82 Å². The second-order valence-corrected chi connectivity index (χ2v) is 1.70. The van der Waals surface area contributed by atoms with Gasteiger partial charge in [-0.3, -0.25) is 4.98 Å². The monoisotopic (exact) mass is 128 g/mol. The van der Waals surface area contributed by atoms with Crippen LogP contribution in [0.15, 0.2) is 9.21 Å². The van der Waals surface area contributed by atoms with Crippen LogP contribution in [0.1, 0.15) is 12.7 Å². The van der Waals surface area contributed by atoms with Crippen molar-refractivity contribution in [1.82, 2.24) is 4.98 Å². The van der Waals surface area contributed by atoms with Crippen LogP contribution in [0, 0.1) is 0 Å². The number of aryl methyl sites for hydroxylation is 1. The Balaban J connectivity index is 3.16. The van der Waals surface area contributed by atoms with Gasteiger partial charge in [0.2, 0.25) is 0 Å². The van der Waals surface area contributed by atoms with Crippen molar-refractivity contribution < 1.29 is 4.42 Å². The fourth-order valence-electron chi connectivity index (χ4n) is 0.635. The van der Waals surface area contributed by atoms with E-state index in [4.69, 9.17) is 5.73 Å². The van der Waals surface area contributed by atoms with Gasteiger partial charge < -0.3 is 10.2 Å². The maximum atomic E-state index is 10.4. The summed E-state index contributed by atoms with van der Waals surface area (Å²) in [5.41, 5.74) is 5.30. The minimum Gasteiger partial charge on any atom is -0.411 e. The molecule has 0 atom stereocenters. The summed E-state index contributed by atoms with van der Waals surface area (Å²) in [6.07, 6.45) is 0.643. The van der Waals surface area contributed by atoms with Gasteiger partial charge in [0.25, 0.3) is 0 Å².